The van der Waals surface area contributed by atoms with Crippen LogP contribution in [0.15, 0.2) is 91.4 Å². The first-order chi connectivity index (χ1) is 20.0. The lowest BCUT2D eigenvalue weighted by Gasteiger charge is -2.30. The second kappa shape index (κ2) is 11.0. The van der Waals surface area contributed by atoms with Gasteiger partial charge in [0.1, 0.15) is 11.5 Å². The number of aromatic amines is 3. The molecule has 6 rings (SSSR count). The van der Waals surface area contributed by atoms with Crippen molar-refractivity contribution in [2.45, 2.75) is 44.6 Å². The van der Waals surface area contributed by atoms with Crippen LogP contribution in [0.1, 0.15) is 43.4 Å². The molecule has 0 unspecified atom stereocenters. The fourth-order valence-electron chi connectivity index (χ4n) is 5.79. The van der Waals surface area contributed by atoms with Gasteiger partial charge in [-0.25, -0.2) is 4.79 Å². The largest absolute Gasteiger partial charge is 0.464 e. The molecule has 7 heteroatoms. The van der Waals surface area contributed by atoms with Crippen LogP contribution >= 0.6 is 0 Å². The van der Waals surface area contributed by atoms with Gasteiger partial charge in [0.05, 0.1) is 6.61 Å². The van der Waals surface area contributed by atoms with E-state index in [9.17, 15) is 9.59 Å². The first-order valence-corrected chi connectivity index (χ1v) is 14.2. The van der Waals surface area contributed by atoms with E-state index >= 15 is 0 Å². The third kappa shape index (κ3) is 4.78. The van der Waals surface area contributed by atoms with Gasteiger partial charge in [0.15, 0.2) is 0 Å². The lowest BCUT2D eigenvalue weighted by Crippen LogP contribution is -2.51. The number of amides is 1. The van der Waals surface area contributed by atoms with Crippen molar-refractivity contribution in [3.8, 4) is 0 Å². The predicted octanol–water partition coefficient (Wildman–Crippen LogP) is 6.51. The van der Waals surface area contributed by atoms with E-state index in [1.165, 1.54) is 0 Å². The van der Waals surface area contributed by atoms with Crippen LogP contribution in [0.2, 0.25) is 0 Å². The molecule has 0 saturated carbocycles. The highest BCUT2D eigenvalue weighted by Crippen LogP contribution is 2.40. The number of rotatable bonds is 10. The number of unbranched alkanes of at least 4 members (excludes halogenated alkanes) is 1. The van der Waals surface area contributed by atoms with Gasteiger partial charge in [0.25, 0.3) is 0 Å². The third-order valence-electron chi connectivity index (χ3n) is 8.14. The molecule has 0 spiro atoms. The lowest BCUT2D eigenvalue weighted by molar-refractivity contribution is -0.148. The minimum atomic E-state index is -1.12. The molecule has 0 radical (unpaired) electrons. The first-order valence-electron chi connectivity index (χ1n) is 14.2. The minimum Gasteiger partial charge on any atom is -0.464 e. The molecule has 3 heterocycles. The Labute approximate surface area is 238 Å². The summed E-state index contributed by atoms with van der Waals surface area (Å²) in [6, 6.07) is 23.0. The van der Waals surface area contributed by atoms with Crippen LogP contribution in [0.3, 0.4) is 0 Å². The van der Waals surface area contributed by atoms with Crippen LogP contribution in [0, 0.1) is 0 Å². The maximum absolute atomic E-state index is 14.6. The van der Waals surface area contributed by atoms with Gasteiger partial charge < -0.3 is 25.0 Å². The van der Waals surface area contributed by atoms with Gasteiger partial charge in [0, 0.05) is 57.7 Å². The summed E-state index contributed by atoms with van der Waals surface area (Å²) in [6.45, 7) is 4.29. The van der Waals surface area contributed by atoms with E-state index in [2.05, 4.69) is 20.3 Å². The molecule has 7 nitrogen and oxygen atoms in total. The molecule has 0 aliphatic rings. The molecule has 3 aromatic heterocycles. The number of para-hydroxylation sites is 3. The summed E-state index contributed by atoms with van der Waals surface area (Å²) in [7, 11) is 0. The second-order valence-corrected chi connectivity index (χ2v) is 10.7. The van der Waals surface area contributed by atoms with Gasteiger partial charge in [0.2, 0.25) is 5.91 Å². The van der Waals surface area contributed by atoms with E-state index in [0.717, 1.165) is 62.2 Å². The summed E-state index contributed by atoms with van der Waals surface area (Å²) in [5, 5.41) is 6.06. The van der Waals surface area contributed by atoms with Gasteiger partial charge in [-0.2, -0.15) is 0 Å². The van der Waals surface area contributed by atoms with Gasteiger partial charge >= 0.3 is 5.97 Å². The number of nitrogens with one attached hydrogen (secondary N) is 4. The van der Waals surface area contributed by atoms with Crippen molar-refractivity contribution >= 4 is 44.6 Å². The van der Waals surface area contributed by atoms with Crippen LogP contribution in [-0.2, 0) is 26.2 Å². The van der Waals surface area contributed by atoms with E-state index in [1.807, 2.05) is 105 Å². The molecule has 6 aromatic rings. The standard InChI is InChI=1S/C34H34N4O3/c1-3-4-17-41-32(39)31(18-22-19-35-28-14-8-5-11-23(22)28)38-33(40)34(2,26-20-36-29-15-9-6-12-24(26)29)27-21-37-30-16-10-7-13-25(27)30/h5-16,19-21,31,35-37H,3-4,17-18H2,1-2H3,(H,38,40)/t31-/m0/s1. The predicted molar refractivity (Wildman–Crippen MR) is 163 cm³/mol. The van der Waals surface area contributed by atoms with E-state index in [-0.39, 0.29) is 5.91 Å². The highest BCUT2D eigenvalue weighted by molar-refractivity contribution is 6.03. The maximum Gasteiger partial charge on any atom is 0.328 e. The monoisotopic (exact) mass is 546 g/mol. The number of carbonyl (C=O) groups excluding carboxylic acids is 2. The van der Waals surface area contributed by atoms with Crippen molar-refractivity contribution in [2.75, 3.05) is 6.61 Å². The highest BCUT2D eigenvalue weighted by Gasteiger charge is 2.42. The van der Waals surface area contributed by atoms with Crippen LogP contribution in [-0.4, -0.2) is 39.5 Å². The molecule has 0 aliphatic carbocycles. The molecule has 1 atom stereocenters. The molecular weight excluding hydrogens is 512 g/mol. The van der Waals surface area contributed by atoms with Crippen molar-refractivity contribution in [3.63, 3.8) is 0 Å². The average Bonchev–Trinajstić information content (AvgIpc) is 3.74. The van der Waals surface area contributed by atoms with Gasteiger partial charge in [-0.3, -0.25) is 4.79 Å². The van der Waals surface area contributed by atoms with E-state index in [1.54, 1.807) is 0 Å². The van der Waals surface area contributed by atoms with Crippen LogP contribution in [0.25, 0.3) is 32.7 Å². The molecule has 1 amide bonds. The number of benzene rings is 3. The quantitative estimate of drug-likeness (QED) is 0.116. The molecule has 208 valence electrons. The lowest BCUT2D eigenvalue weighted by atomic mass is 9.75. The smallest absolute Gasteiger partial charge is 0.328 e. The number of ether oxygens (including phenoxy) is 1. The van der Waals surface area contributed by atoms with E-state index < -0.39 is 17.4 Å². The summed E-state index contributed by atoms with van der Waals surface area (Å²) in [5.74, 6) is -0.707. The molecule has 3 aromatic carbocycles. The second-order valence-electron chi connectivity index (χ2n) is 10.7. The molecule has 0 aliphatic heterocycles. The number of hydrogen-bond donors (Lipinski definition) is 4. The molecule has 0 bridgehead atoms. The Bertz CT molecular complexity index is 1770. The van der Waals surface area contributed by atoms with Crippen molar-refractivity contribution in [1.29, 1.82) is 0 Å². The van der Waals surface area contributed by atoms with Crippen LogP contribution < -0.4 is 5.32 Å². The van der Waals surface area contributed by atoms with Gasteiger partial charge in [-0.15, -0.1) is 0 Å². The zero-order valence-corrected chi connectivity index (χ0v) is 23.3. The molecule has 0 fully saturated rings. The number of aromatic nitrogens is 3. The Hall–Kier alpha value is -4.78. The van der Waals surface area contributed by atoms with E-state index in [4.69, 9.17) is 4.74 Å². The molecule has 0 saturated heterocycles. The number of hydrogen-bond acceptors (Lipinski definition) is 3. The number of esters is 1. The summed E-state index contributed by atoms with van der Waals surface area (Å²) in [5.41, 5.74) is 4.35. The molecular formula is C34H34N4O3. The van der Waals surface area contributed by atoms with Gasteiger partial charge in [-0.05, 0) is 48.2 Å². The number of carbonyl (C=O) groups is 2. The molecule has 41 heavy (non-hydrogen) atoms. The van der Waals surface area contributed by atoms with Gasteiger partial charge in [-0.1, -0.05) is 67.9 Å². The fraction of sp³-hybridized carbons (Fsp3) is 0.235. The maximum atomic E-state index is 14.6. The Morgan fingerprint density at radius 1 is 0.780 bits per heavy atom. The first kappa shape index (κ1) is 26.4. The zero-order chi connectivity index (χ0) is 28.4. The Kier molecular flexibility index (Phi) is 7.10. The molecule has 4 N–H and O–H groups in total. The Balaban J connectivity index is 1.43. The van der Waals surface area contributed by atoms with Crippen molar-refractivity contribution < 1.29 is 14.3 Å². The summed E-state index contributed by atoms with van der Waals surface area (Å²) >= 11 is 0. The highest BCUT2D eigenvalue weighted by atomic mass is 16.5. The fourth-order valence-corrected chi connectivity index (χ4v) is 5.79. The normalized spacial score (nSPS) is 12.6. The van der Waals surface area contributed by atoms with E-state index in [0.29, 0.717) is 13.0 Å². The van der Waals surface area contributed by atoms with Crippen molar-refractivity contribution in [3.05, 3.63) is 108 Å². The summed E-state index contributed by atoms with van der Waals surface area (Å²) < 4.78 is 5.66. The number of fused-ring (bicyclic) bond motifs is 3. The summed E-state index contributed by atoms with van der Waals surface area (Å²) in [4.78, 5) is 38.1. The Morgan fingerprint density at radius 2 is 1.29 bits per heavy atom. The third-order valence-corrected chi connectivity index (χ3v) is 8.14. The topological polar surface area (TPSA) is 103 Å². The van der Waals surface area contributed by atoms with Crippen LogP contribution in [0.4, 0.5) is 0 Å². The Morgan fingerprint density at radius 3 is 1.88 bits per heavy atom. The van der Waals surface area contributed by atoms with Crippen LogP contribution in [0.5, 0.6) is 0 Å². The summed E-state index contributed by atoms with van der Waals surface area (Å²) in [6.07, 6.45) is 7.69. The zero-order valence-electron chi connectivity index (χ0n) is 23.3. The average molecular weight is 547 g/mol. The minimum absolute atomic E-state index is 0.274. The van der Waals surface area contributed by atoms with Crippen molar-refractivity contribution in [2.24, 2.45) is 0 Å². The number of H-pyrrole nitrogens is 3. The SMILES string of the molecule is CCCCOC(=O)[C@H](Cc1c[nH]c2ccccc12)NC(=O)C(C)(c1c[nH]c2ccccc12)c1c[nH]c2ccccc12. The van der Waals surface area contributed by atoms with Crippen molar-refractivity contribution in [1.82, 2.24) is 20.3 Å².